The van der Waals surface area contributed by atoms with Crippen LogP contribution >= 0.6 is 0 Å². The van der Waals surface area contributed by atoms with Crippen LogP contribution in [0.25, 0.3) is 0 Å². The largest absolute Gasteiger partial charge is 0.385 e. The van der Waals surface area contributed by atoms with Crippen molar-refractivity contribution >= 4 is 0 Å². The van der Waals surface area contributed by atoms with E-state index in [1.165, 1.54) is 6.42 Å². The van der Waals surface area contributed by atoms with Gasteiger partial charge in [-0.2, -0.15) is 0 Å². The van der Waals surface area contributed by atoms with Crippen LogP contribution in [0.15, 0.2) is 0 Å². The van der Waals surface area contributed by atoms with Gasteiger partial charge in [0.05, 0.1) is 12.7 Å². The summed E-state index contributed by atoms with van der Waals surface area (Å²) < 4.78 is 11.0. The first-order valence-corrected chi connectivity index (χ1v) is 6.80. The maximum atomic E-state index is 5.89. The first-order chi connectivity index (χ1) is 8.27. The Morgan fingerprint density at radius 1 is 1.53 bits per heavy atom. The predicted molar refractivity (Wildman–Crippen MR) is 70.4 cm³/mol. The summed E-state index contributed by atoms with van der Waals surface area (Å²) in [5.41, 5.74) is 0. The molecule has 2 atom stereocenters. The number of morpholine rings is 1. The molecule has 0 aliphatic carbocycles. The molecular formula is C13H28N2O2. The van der Waals surface area contributed by atoms with Crippen LogP contribution in [0.5, 0.6) is 0 Å². The van der Waals surface area contributed by atoms with Crippen LogP contribution in [-0.2, 0) is 9.47 Å². The molecule has 1 saturated heterocycles. The molecule has 1 heterocycles. The fourth-order valence-electron chi connectivity index (χ4n) is 2.25. The van der Waals surface area contributed by atoms with Gasteiger partial charge < -0.3 is 19.7 Å². The molecule has 4 nitrogen and oxygen atoms in total. The second-order valence-electron chi connectivity index (χ2n) is 4.87. The van der Waals surface area contributed by atoms with Crippen molar-refractivity contribution in [3.63, 3.8) is 0 Å². The van der Waals surface area contributed by atoms with Crippen molar-refractivity contribution in [1.29, 1.82) is 0 Å². The van der Waals surface area contributed by atoms with Gasteiger partial charge in [-0.05, 0) is 32.9 Å². The van der Waals surface area contributed by atoms with Gasteiger partial charge in [-0.3, -0.25) is 0 Å². The summed E-state index contributed by atoms with van der Waals surface area (Å²) in [5, 5.41) is 3.61. The molecule has 102 valence electrons. The normalized spacial score (nSPS) is 23.8. The van der Waals surface area contributed by atoms with E-state index in [1.54, 1.807) is 7.11 Å². The van der Waals surface area contributed by atoms with Gasteiger partial charge in [0.15, 0.2) is 0 Å². The molecule has 0 saturated carbocycles. The topological polar surface area (TPSA) is 33.7 Å². The van der Waals surface area contributed by atoms with Gasteiger partial charge >= 0.3 is 0 Å². The molecule has 0 aromatic carbocycles. The molecule has 1 aliphatic rings. The van der Waals surface area contributed by atoms with E-state index in [1.807, 2.05) is 0 Å². The summed E-state index contributed by atoms with van der Waals surface area (Å²) in [6.45, 7) is 7.06. The van der Waals surface area contributed by atoms with Gasteiger partial charge in [0.1, 0.15) is 0 Å². The quantitative estimate of drug-likeness (QED) is 0.649. The van der Waals surface area contributed by atoms with Crippen LogP contribution in [0.3, 0.4) is 0 Å². The number of likely N-dealkylation sites (N-methyl/N-ethyl adjacent to an activating group) is 1. The average Bonchev–Trinajstić information content (AvgIpc) is 2.33. The molecule has 1 fully saturated rings. The maximum absolute atomic E-state index is 5.89. The number of nitrogens with zero attached hydrogens (tertiary/aromatic N) is 1. The minimum atomic E-state index is 0.331. The van der Waals surface area contributed by atoms with E-state index in [9.17, 15) is 0 Å². The van der Waals surface area contributed by atoms with Gasteiger partial charge in [-0.1, -0.05) is 6.92 Å². The van der Waals surface area contributed by atoms with Gasteiger partial charge in [0.2, 0.25) is 0 Å². The fraction of sp³-hybridized carbons (Fsp3) is 1.00. The highest BCUT2D eigenvalue weighted by molar-refractivity contribution is 4.82. The molecule has 2 unspecified atom stereocenters. The number of ether oxygens (including phenoxy) is 2. The van der Waals surface area contributed by atoms with Crippen molar-refractivity contribution < 1.29 is 9.47 Å². The van der Waals surface area contributed by atoms with Crippen LogP contribution in [0.2, 0.25) is 0 Å². The SMILES string of the molecule is CCCNC(CCCOC)C1CN(C)CCO1. The molecule has 1 N–H and O–H groups in total. The van der Waals surface area contributed by atoms with Gasteiger partial charge in [0.25, 0.3) is 0 Å². The molecule has 0 aromatic heterocycles. The molecule has 0 amide bonds. The van der Waals surface area contributed by atoms with Crippen molar-refractivity contribution in [3.8, 4) is 0 Å². The van der Waals surface area contributed by atoms with Gasteiger partial charge in [0, 0.05) is 32.8 Å². The zero-order valence-electron chi connectivity index (χ0n) is 11.6. The minimum Gasteiger partial charge on any atom is -0.385 e. The van der Waals surface area contributed by atoms with E-state index in [-0.39, 0.29) is 0 Å². The monoisotopic (exact) mass is 244 g/mol. The Kier molecular flexibility index (Phi) is 7.77. The Balaban J connectivity index is 2.36. The summed E-state index contributed by atoms with van der Waals surface area (Å²) in [6, 6.07) is 0.466. The minimum absolute atomic E-state index is 0.331. The lowest BCUT2D eigenvalue weighted by atomic mass is 10.0. The standard InChI is InChI=1S/C13H28N2O2/c1-4-7-14-12(6-5-9-16-3)13-11-15(2)8-10-17-13/h12-14H,4-11H2,1-3H3. The van der Waals surface area contributed by atoms with Crippen LogP contribution in [0.4, 0.5) is 0 Å². The van der Waals surface area contributed by atoms with Crippen molar-refractivity contribution in [2.75, 3.05) is 47.0 Å². The second-order valence-corrected chi connectivity index (χ2v) is 4.87. The third kappa shape index (κ3) is 5.82. The van der Waals surface area contributed by atoms with E-state index >= 15 is 0 Å². The van der Waals surface area contributed by atoms with Crippen molar-refractivity contribution in [2.45, 2.75) is 38.3 Å². The Hall–Kier alpha value is -0.160. The molecule has 4 heteroatoms. The van der Waals surface area contributed by atoms with E-state index in [0.29, 0.717) is 12.1 Å². The number of hydrogen-bond acceptors (Lipinski definition) is 4. The molecule has 0 aromatic rings. The molecule has 0 bridgehead atoms. The molecule has 1 rings (SSSR count). The fourth-order valence-corrected chi connectivity index (χ4v) is 2.25. The number of nitrogens with one attached hydrogen (secondary N) is 1. The summed E-state index contributed by atoms with van der Waals surface area (Å²) in [5.74, 6) is 0. The third-order valence-corrected chi connectivity index (χ3v) is 3.27. The summed E-state index contributed by atoms with van der Waals surface area (Å²) in [6.07, 6.45) is 3.73. The van der Waals surface area contributed by atoms with E-state index < -0.39 is 0 Å². The lowest BCUT2D eigenvalue weighted by molar-refractivity contribution is -0.0408. The second kappa shape index (κ2) is 8.86. The molecule has 0 spiro atoms. The Morgan fingerprint density at radius 3 is 3.00 bits per heavy atom. The van der Waals surface area contributed by atoms with E-state index in [4.69, 9.17) is 9.47 Å². The van der Waals surface area contributed by atoms with Crippen LogP contribution in [0.1, 0.15) is 26.2 Å². The zero-order chi connectivity index (χ0) is 12.5. The molecule has 17 heavy (non-hydrogen) atoms. The zero-order valence-corrected chi connectivity index (χ0v) is 11.6. The number of methoxy groups -OCH3 is 1. The maximum Gasteiger partial charge on any atom is 0.0855 e. The van der Waals surface area contributed by atoms with Crippen LogP contribution in [0, 0.1) is 0 Å². The Bertz CT molecular complexity index is 190. The average molecular weight is 244 g/mol. The predicted octanol–water partition coefficient (Wildman–Crippen LogP) is 1.11. The highest BCUT2D eigenvalue weighted by Crippen LogP contribution is 2.12. The van der Waals surface area contributed by atoms with E-state index in [0.717, 1.165) is 45.7 Å². The highest BCUT2D eigenvalue weighted by Gasteiger charge is 2.25. The summed E-state index contributed by atoms with van der Waals surface area (Å²) in [4.78, 5) is 2.35. The van der Waals surface area contributed by atoms with Gasteiger partial charge in [-0.15, -0.1) is 0 Å². The first-order valence-electron chi connectivity index (χ1n) is 6.80. The smallest absolute Gasteiger partial charge is 0.0855 e. The highest BCUT2D eigenvalue weighted by atomic mass is 16.5. The first kappa shape index (κ1) is 14.9. The third-order valence-electron chi connectivity index (χ3n) is 3.27. The van der Waals surface area contributed by atoms with Gasteiger partial charge in [-0.25, -0.2) is 0 Å². The Morgan fingerprint density at radius 2 is 2.35 bits per heavy atom. The van der Waals surface area contributed by atoms with Crippen molar-refractivity contribution in [2.24, 2.45) is 0 Å². The molecule has 0 radical (unpaired) electrons. The summed E-state index contributed by atoms with van der Waals surface area (Å²) in [7, 11) is 3.93. The lowest BCUT2D eigenvalue weighted by Crippen LogP contribution is -2.51. The van der Waals surface area contributed by atoms with E-state index in [2.05, 4.69) is 24.2 Å². The number of rotatable bonds is 8. The Labute approximate surface area is 106 Å². The molecular weight excluding hydrogens is 216 g/mol. The lowest BCUT2D eigenvalue weighted by Gasteiger charge is -2.35. The summed E-state index contributed by atoms with van der Waals surface area (Å²) >= 11 is 0. The van der Waals surface area contributed by atoms with Crippen molar-refractivity contribution in [3.05, 3.63) is 0 Å². The number of hydrogen-bond donors (Lipinski definition) is 1. The molecule has 1 aliphatic heterocycles. The van der Waals surface area contributed by atoms with Crippen molar-refractivity contribution in [1.82, 2.24) is 10.2 Å². The van der Waals surface area contributed by atoms with Crippen LogP contribution in [-0.4, -0.2) is 64.1 Å². The van der Waals surface area contributed by atoms with Crippen LogP contribution < -0.4 is 5.32 Å².